The van der Waals surface area contributed by atoms with E-state index in [1.807, 2.05) is 30.3 Å². The van der Waals surface area contributed by atoms with Crippen LogP contribution < -0.4 is 15.1 Å². The van der Waals surface area contributed by atoms with Gasteiger partial charge in [-0.05, 0) is 36.2 Å². The summed E-state index contributed by atoms with van der Waals surface area (Å²) in [5.74, 6) is 0.672. The Kier molecular flexibility index (Phi) is 6.09. The van der Waals surface area contributed by atoms with E-state index in [1.54, 1.807) is 23.1 Å². The minimum absolute atomic E-state index is 0.143. The molecule has 0 saturated heterocycles. The first-order valence-electron chi connectivity index (χ1n) is 10.9. The lowest BCUT2D eigenvalue weighted by Gasteiger charge is -2.25. The van der Waals surface area contributed by atoms with E-state index >= 15 is 0 Å². The van der Waals surface area contributed by atoms with Gasteiger partial charge in [0.25, 0.3) is 5.91 Å². The van der Waals surface area contributed by atoms with Gasteiger partial charge in [0.2, 0.25) is 5.76 Å². The van der Waals surface area contributed by atoms with E-state index in [-0.39, 0.29) is 17.1 Å². The molecule has 6 heteroatoms. The Morgan fingerprint density at radius 3 is 2.68 bits per heavy atom. The molecule has 0 unspecified atom stereocenters. The predicted octanol–water partition coefficient (Wildman–Crippen LogP) is 2.66. The second kappa shape index (κ2) is 8.94. The summed E-state index contributed by atoms with van der Waals surface area (Å²) in [5, 5.41) is 0.497. The molecule has 0 radical (unpaired) electrons. The van der Waals surface area contributed by atoms with Gasteiger partial charge < -0.3 is 19.0 Å². The van der Waals surface area contributed by atoms with E-state index < -0.39 is 6.04 Å². The Bertz CT molecular complexity index is 1150. The van der Waals surface area contributed by atoms with E-state index in [4.69, 9.17) is 9.15 Å². The van der Waals surface area contributed by atoms with Gasteiger partial charge in [0.1, 0.15) is 11.3 Å². The second-order valence-electron chi connectivity index (χ2n) is 8.30. The molecule has 6 nitrogen and oxygen atoms in total. The van der Waals surface area contributed by atoms with Crippen molar-refractivity contribution in [3.8, 4) is 5.75 Å². The highest BCUT2D eigenvalue weighted by Crippen LogP contribution is 2.39. The normalized spacial score (nSPS) is 15.7. The van der Waals surface area contributed by atoms with Gasteiger partial charge in [0.05, 0.1) is 44.2 Å². The molecule has 2 aromatic carbocycles. The molecule has 0 spiro atoms. The average molecular weight is 422 g/mol. The summed E-state index contributed by atoms with van der Waals surface area (Å²) in [4.78, 5) is 29.9. The first-order chi connectivity index (χ1) is 15.0. The molecular weight excluding hydrogens is 392 g/mol. The van der Waals surface area contributed by atoms with Gasteiger partial charge >= 0.3 is 0 Å². The first-order valence-corrected chi connectivity index (χ1v) is 10.9. The van der Waals surface area contributed by atoms with Crippen molar-refractivity contribution in [1.29, 1.82) is 0 Å². The number of benzene rings is 2. The molecule has 1 N–H and O–H groups in total. The van der Waals surface area contributed by atoms with Gasteiger partial charge in [-0.2, -0.15) is 0 Å². The number of para-hydroxylation sites is 1. The van der Waals surface area contributed by atoms with Crippen LogP contribution in [0.5, 0.6) is 5.75 Å². The van der Waals surface area contributed by atoms with Gasteiger partial charge in [-0.3, -0.25) is 9.59 Å². The number of fused-ring (bicyclic) bond motifs is 2. The highest BCUT2D eigenvalue weighted by molar-refractivity contribution is 5.99. The van der Waals surface area contributed by atoms with Crippen molar-refractivity contribution in [2.75, 3.05) is 33.8 Å². The number of amides is 1. The maximum atomic E-state index is 13.5. The minimum atomic E-state index is -0.481. The third kappa shape index (κ3) is 4.08. The summed E-state index contributed by atoms with van der Waals surface area (Å²) in [6.07, 6.45) is 1.74. The summed E-state index contributed by atoms with van der Waals surface area (Å²) in [6.45, 7) is 4.15. The number of nitrogens with one attached hydrogen (secondary N) is 1. The maximum absolute atomic E-state index is 13.5. The number of nitrogens with zero attached hydrogens (tertiary/aromatic N) is 1. The lowest BCUT2D eigenvalue weighted by Crippen LogP contribution is -3.05. The summed E-state index contributed by atoms with van der Waals surface area (Å²) >= 11 is 0. The standard InChI is InChI=1S/C25H28N2O4/c1-4-15-30-18-10-7-9-17(16-18)22-21-23(28)19-11-5-6-12-20(19)31-24(21)25(29)27(22)14-8-13-26(2)3/h5-7,9-12,16,22H,4,8,13-15H2,1-3H3/p+1/t22-/m0/s1. The molecule has 1 amide bonds. The first kappa shape index (κ1) is 21.1. The average Bonchev–Trinajstić information content (AvgIpc) is 3.04. The zero-order valence-electron chi connectivity index (χ0n) is 18.3. The van der Waals surface area contributed by atoms with Crippen molar-refractivity contribution in [3.63, 3.8) is 0 Å². The molecule has 1 aromatic heterocycles. The molecule has 1 aliphatic heterocycles. The van der Waals surface area contributed by atoms with Crippen LogP contribution in [0.1, 0.15) is 47.5 Å². The molecule has 0 saturated carbocycles. The fraction of sp³-hybridized carbons (Fsp3) is 0.360. The van der Waals surface area contributed by atoms with E-state index in [1.165, 1.54) is 4.90 Å². The van der Waals surface area contributed by atoms with Crippen LogP contribution in [-0.4, -0.2) is 44.6 Å². The fourth-order valence-corrected chi connectivity index (χ4v) is 4.14. The van der Waals surface area contributed by atoms with Gasteiger partial charge in [0, 0.05) is 13.0 Å². The molecule has 1 aliphatic rings. The van der Waals surface area contributed by atoms with Crippen molar-refractivity contribution in [2.45, 2.75) is 25.8 Å². The summed E-state index contributed by atoms with van der Waals surface area (Å²) in [5.41, 5.74) is 1.59. The van der Waals surface area contributed by atoms with Gasteiger partial charge in [-0.25, -0.2) is 0 Å². The minimum Gasteiger partial charge on any atom is -0.494 e. The molecule has 162 valence electrons. The van der Waals surface area contributed by atoms with Crippen LogP contribution >= 0.6 is 0 Å². The monoisotopic (exact) mass is 421 g/mol. The zero-order chi connectivity index (χ0) is 22.0. The van der Waals surface area contributed by atoms with Crippen molar-refractivity contribution in [3.05, 3.63) is 75.6 Å². The SMILES string of the molecule is CCCOc1cccc([C@H]2c3c(oc4ccccc4c3=O)C(=O)N2CCC[NH+](C)C)c1. The fourth-order valence-electron chi connectivity index (χ4n) is 4.14. The van der Waals surface area contributed by atoms with E-state index in [0.29, 0.717) is 29.7 Å². The second-order valence-corrected chi connectivity index (χ2v) is 8.30. The number of carbonyl (C=O) groups excluding carboxylic acids is 1. The Morgan fingerprint density at radius 2 is 1.90 bits per heavy atom. The zero-order valence-corrected chi connectivity index (χ0v) is 18.3. The van der Waals surface area contributed by atoms with Crippen molar-refractivity contribution >= 4 is 16.9 Å². The van der Waals surface area contributed by atoms with Crippen LogP contribution in [0.3, 0.4) is 0 Å². The Balaban J connectivity index is 1.82. The van der Waals surface area contributed by atoms with Crippen LogP contribution in [0.15, 0.2) is 57.7 Å². The Hall–Kier alpha value is -3.12. The molecule has 0 bridgehead atoms. The van der Waals surface area contributed by atoms with Crippen LogP contribution in [0.25, 0.3) is 11.0 Å². The van der Waals surface area contributed by atoms with Crippen LogP contribution in [0, 0.1) is 0 Å². The lowest BCUT2D eigenvalue weighted by molar-refractivity contribution is -0.858. The van der Waals surface area contributed by atoms with Crippen LogP contribution in [0.4, 0.5) is 0 Å². The molecule has 3 aromatic rings. The molecule has 0 fully saturated rings. The predicted molar refractivity (Wildman–Crippen MR) is 120 cm³/mol. The van der Waals surface area contributed by atoms with Gasteiger partial charge in [0.15, 0.2) is 5.43 Å². The number of hydrogen-bond acceptors (Lipinski definition) is 4. The van der Waals surface area contributed by atoms with E-state index in [9.17, 15) is 9.59 Å². The number of ether oxygens (including phenoxy) is 1. The summed E-state index contributed by atoms with van der Waals surface area (Å²) < 4.78 is 11.8. The van der Waals surface area contributed by atoms with Crippen molar-refractivity contribution in [2.24, 2.45) is 0 Å². The third-order valence-corrected chi connectivity index (χ3v) is 5.60. The van der Waals surface area contributed by atoms with Crippen molar-refractivity contribution < 1.29 is 18.8 Å². The lowest BCUT2D eigenvalue weighted by atomic mass is 9.98. The van der Waals surface area contributed by atoms with Crippen molar-refractivity contribution in [1.82, 2.24) is 4.90 Å². The Labute approximate surface area is 182 Å². The number of carbonyl (C=O) groups is 1. The number of quaternary nitrogens is 1. The molecule has 0 aliphatic carbocycles. The Morgan fingerprint density at radius 1 is 1.10 bits per heavy atom. The quantitative estimate of drug-likeness (QED) is 0.607. The highest BCUT2D eigenvalue weighted by atomic mass is 16.5. The maximum Gasteiger partial charge on any atom is 0.290 e. The smallest absolute Gasteiger partial charge is 0.290 e. The summed E-state index contributed by atoms with van der Waals surface area (Å²) in [7, 11) is 4.18. The van der Waals surface area contributed by atoms with E-state index in [2.05, 4.69) is 21.0 Å². The van der Waals surface area contributed by atoms with Crippen LogP contribution in [0.2, 0.25) is 0 Å². The molecule has 2 heterocycles. The van der Waals surface area contributed by atoms with Crippen LogP contribution in [-0.2, 0) is 0 Å². The molecular formula is C25H29N2O4+. The highest BCUT2D eigenvalue weighted by Gasteiger charge is 2.42. The largest absolute Gasteiger partial charge is 0.494 e. The molecule has 31 heavy (non-hydrogen) atoms. The molecule has 1 atom stereocenters. The van der Waals surface area contributed by atoms with Gasteiger partial charge in [-0.1, -0.05) is 31.2 Å². The van der Waals surface area contributed by atoms with E-state index in [0.717, 1.165) is 30.7 Å². The third-order valence-electron chi connectivity index (χ3n) is 5.60. The number of rotatable bonds is 8. The topological polar surface area (TPSA) is 64.2 Å². The molecule has 4 rings (SSSR count). The number of hydrogen-bond donors (Lipinski definition) is 1. The summed E-state index contributed by atoms with van der Waals surface area (Å²) in [6, 6.07) is 14.3. The van der Waals surface area contributed by atoms with Gasteiger partial charge in [-0.15, -0.1) is 0 Å².